The molecule has 0 amide bonds. The molecule has 106 valence electrons. The lowest BCUT2D eigenvalue weighted by Crippen LogP contribution is -2.25. The number of halogens is 1. The van der Waals surface area contributed by atoms with Crippen molar-refractivity contribution in [2.24, 2.45) is 0 Å². The maximum Gasteiger partial charge on any atom is 0.335 e. The molecular formula is C15H15ClO3S. The van der Waals surface area contributed by atoms with Crippen molar-refractivity contribution in [1.29, 1.82) is 0 Å². The molecule has 5 heteroatoms. The van der Waals surface area contributed by atoms with Gasteiger partial charge in [0.1, 0.15) is 0 Å². The topological polar surface area (TPSA) is 46.5 Å². The number of rotatable bonds is 5. The molecule has 0 saturated heterocycles. The van der Waals surface area contributed by atoms with E-state index >= 15 is 0 Å². The largest absolute Gasteiger partial charge is 0.464 e. The predicted molar refractivity (Wildman–Crippen MR) is 82.3 cm³/mol. The van der Waals surface area contributed by atoms with Crippen LogP contribution in [0.1, 0.15) is 6.92 Å². The van der Waals surface area contributed by atoms with Crippen LogP contribution in [0.4, 0.5) is 0 Å². The number of hydrogen-bond acceptors (Lipinski definition) is 4. The highest BCUT2D eigenvalue weighted by atomic mass is 35.5. The summed E-state index contributed by atoms with van der Waals surface area (Å²) in [5, 5.41) is 12.5. The fourth-order valence-corrected chi connectivity index (χ4v) is 2.81. The summed E-state index contributed by atoms with van der Waals surface area (Å²) in [6.07, 6.45) is -1.10. The van der Waals surface area contributed by atoms with Gasteiger partial charge in [0.2, 0.25) is 0 Å². The van der Waals surface area contributed by atoms with Crippen molar-refractivity contribution in [3.8, 4) is 0 Å². The molecule has 2 aromatic carbocycles. The third-order valence-electron chi connectivity index (χ3n) is 2.74. The summed E-state index contributed by atoms with van der Waals surface area (Å²) >= 11 is 7.35. The Kier molecular flexibility index (Phi) is 5.29. The summed E-state index contributed by atoms with van der Waals surface area (Å²) < 4.78 is 4.76. The van der Waals surface area contributed by atoms with E-state index in [2.05, 4.69) is 0 Å². The van der Waals surface area contributed by atoms with Crippen LogP contribution in [-0.2, 0) is 9.53 Å². The van der Waals surface area contributed by atoms with Gasteiger partial charge < -0.3 is 9.84 Å². The van der Waals surface area contributed by atoms with Gasteiger partial charge in [0.25, 0.3) is 0 Å². The van der Waals surface area contributed by atoms with Gasteiger partial charge in [0.15, 0.2) is 6.10 Å². The zero-order valence-electron chi connectivity index (χ0n) is 11.0. The van der Waals surface area contributed by atoms with E-state index in [1.807, 2.05) is 36.4 Å². The van der Waals surface area contributed by atoms with E-state index < -0.39 is 12.1 Å². The number of esters is 1. The Morgan fingerprint density at radius 1 is 1.30 bits per heavy atom. The minimum absolute atomic E-state index is 0.275. The molecule has 1 N–H and O–H groups in total. The number of fused-ring (bicyclic) bond motifs is 1. The molecule has 0 radical (unpaired) electrons. The van der Waals surface area contributed by atoms with Gasteiger partial charge in [-0.2, -0.15) is 0 Å². The molecule has 0 aliphatic rings. The van der Waals surface area contributed by atoms with Crippen molar-refractivity contribution in [1.82, 2.24) is 0 Å². The average Bonchev–Trinajstić information content (AvgIpc) is 2.44. The summed E-state index contributed by atoms with van der Waals surface area (Å²) in [6, 6.07) is 11.6. The van der Waals surface area contributed by atoms with Crippen LogP contribution in [0.15, 0.2) is 41.3 Å². The molecule has 1 atom stereocenters. The lowest BCUT2D eigenvalue weighted by Gasteiger charge is -2.09. The Balaban J connectivity index is 2.03. The van der Waals surface area contributed by atoms with Crippen LogP contribution >= 0.6 is 23.4 Å². The predicted octanol–water partition coefficient (Wildman–Crippen LogP) is 3.51. The van der Waals surface area contributed by atoms with E-state index in [0.717, 1.165) is 15.7 Å². The summed E-state index contributed by atoms with van der Waals surface area (Å²) in [7, 11) is 0. The van der Waals surface area contributed by atoms with Crippen LogP contribution in [-0.4, -0.2) is 29.5 Å². The van der Waals surface area contributed by atoms with E-state index in [1.54, 1.807) is 6.92 Å². The molecule has 0 spiro atoms. The van der Waals surface area contributed by atoms with E-state index in [1.165, 1.54) is 11.8 Å². The number of carbonyl (C=O) groups excluding carboxylic acids is 1. The normalized spacial score (nSPS) is 12.3. The third kappa shape index (κ3) is 3.88. The zero-order chi connectivity index (χ0) is 14.5. The molecular weight excluding hydrogens is 296 g/mol. The first-order valence-electron chi connectivity index (χ1n) is 6.27. The van der Waals surface area contributed by atoms with E-state index in [9.17, 15) is 9.90 Å². The summed E-state index contributed by atoms with van der Waals surface area (Å²) in [5.41, 5.74) is 0. The molecule has 0 heterocycles. The minimum atomic E-state index is -1.10. The average molecular weight is 311 g/mol. The Morgan fingerprint density at radius 2 is 2.00 bits per heavy atom. The molecule has 2 aromatic rings. The monoisotopic (exact) mass is 310 g/mol. The fraction of sp³-hybridized carbons (Fsp3) is 0.267. The van der Waals surface area contributed by atoms with Crippen molar-refractivity contribution >= 4 is 40.1 Å². The van der Waals surface area contributed by atoms with Crippen molar-refractivity contribution < 1.29 is 14.6 Å². The van der Waals surface area contributed by atoms with Crippen LogP contribution in [0.3, 0.4) is 0 Å². The van der Waals surface area contributed by atoms with Gasteiger partial charge >= 0.3 is 5.97 Å². The molecule has 0 aromatic heterocycles. The maximum atomic E-state index is 11.3. The van der Waals surface area contributed by atoms with Crippen LogP contribution in [0.25, 0.3) is 10.8 Å². The Bertz CT molecular complexity index is 615. The molecule has 0 saturated carbocycles. The summed E-state index contributed by atoms with van der Waals surface area (Å²) in [5.74, 6) is -0.301. The Hall–Kier alpha value is -1.23. The van der Waals surface area contributed by atoms with Gasteiger partial charge in [0.05, 0.1) is 6.61 Å². The summed E-state index contributed by atoms with van der Waals surface area (Å²) in [4.78, 5) is 12.3. The number of hydrogen-bond donors (Lipinski definition) is 1. The van der Waals surface area contributed by atoms with Gasteiger partial charge in [-0.15, -0.1) is 11.8 Å². The SMILES string of the molecule is CCOC(=O)C(O)CSc1ccc2cc(Cl)ccc2c1. The molecule has 0 fully saturated rings. The third-order valence-corrected chi connectivity index (χ3v) is 4.05. The van der Waals surface area contributed by atoms with Crippen LogP contribution in [0, 0.1) is 0 Å². The maximum absolute atomic E-state index is 11.3. The molecule has 2 rings (SSSR count). The number of benzene rings is 2. The number of aliphatic hydroxyl groups is 1. The van der Waals surface area contributed by atoms with Gasteiger partial charge in [-0.3, -0.25) is 0 Å². The second-order valence-corrected chi connectivity index (χ2v) is 5.76. The van der Waals surface area contributed by atoms with Gasteiger partial charge in [-0.05, 0) is 42.0 Å². The molecule has 0 aliphatic carbocycles. The van der Waals surface area contributed by atoms with Crippen LogP contribution < -0.4 is 0 Å². The molecule has 0 aliphatic heterocycles. The first-order valence-corrected chi connectivity index (χ1v) is 7.63. The highest BCUT2D eigenvalue weighted by Gasteiger charge is 2.16. The van der Waals surface area contributed by atoms with Crippen LogP contribution in [0.2, 0.25) is 5.02 Å². The molecule has 0 bridgehead atoms. The fourth-order valence-electron chi connectivity index (χ4n) is 1.77. The number of ether oxygens (including phenoxy) is 1. The second kappa shape index (κ2) is 6.97. The zero-order valence-corrected chi connectivity index (χ0v) is 12.6. The van der Waals surface area contributed by atoms with Crippen LogP contribution in [0.5, 0.6) is 0 Å². The van der Waals surface area contributed by atoms with Gasteiger partial charge in [0, 0.05) is 15.7 Å². The van der Waals surface area contributed by atoms with E-state index in [-0.39, 0.29) is 12.4 Å². The Morgan fingerprint density at radius 3 is 2.75 bits per heavy atom. The molecule has 3 nitrogen and oxygen atoms in total. The quantitative estimate of drug-likeness (QED) is 0.678. The first kappa shape index (κ1) is 15.2. The molecule has 1 unspecified atom stereocenters. The van der Waals surface area contributed by atoms with Crippen molar-refractivity contribution in [3.05, 3.63) is 41.4 Å². The summed E-state index contributed by atoms with van der Waals surface area (Å²) in [6.45, 7) is 1.99. The highest BCUT2D eigenvalue weighted by molar-refractivity contribution is 7.99. The number of aliphatic hydroxyl groups excluding tert-OH is 1. The van der Waals surface area contributed by atoms with Crippen molar-refractivity contribution in [3.63, 3.8) is 0 Å². The van der Waals surface area contributed by atoms with Gasteiger partial charge in [-0.25, -0.2) is 4.79 Å². The Labute approximate surface area is 126 Å². The number of carbonyl (C=O) groups is 1. The molecule has 20 heavy (non-hydrogen) atoms. The first-order chi connectivity index (χ1) is 9.60. The lowest BCUT2D eigenvalue weighted by atomic mass is 10.1. The van der Waals surface area contributed by atoms with Crippen molar-refractivity contribution in [2.45, 2.75) is 17.9 Å². The smallest absolute Gasteiger partial charge is 0.335 e. The van der Waals surface area contributed by atoms with Gasteiger partial charge in [-0.1, -0.05) is 23.7 Å². The minimum Gasteiger partial charge on any atom is -0.464 e. The van der Waals surface area contributed by atoms with Crippen molar-refractivity contribution in [2.75, 3.05) is 12.4 Å². The van der Waals surface area contributed by atoms with E-state index in [0.29, 0.717) is 5.02 Å². The standard InChI is InChI=1S/C15H15ClO3S/c1-2-19-15(18)14(17)9-20-13-6-4-10-7-12(16)5-3-11(10)8-13/h3-8,14,17H,2,9H2,1H3. The highest BCUT2D eigenvalue weighted by Crippen LogP contribution is 2.26. The number of thioether (sulfide) groups is 1. The second-order valence-electron chi connectivity index (χ2n) is 4.23. The van der Waals surface area contributed by atoms with E-state index in [4.69, 9.17) is 16.3 Å². The lowest BCUT2D eigenvalue weighted by molar-refractivity contribution is -0.151.